The van der Waals surface area contributed by atoms with Gasteiger partial charge in [0.2, 0.25) is 0 Å². The van der Waals surface area contributed by atoms with Crippen LogP contribution in [0.5, 0.6) is 0 Å². The summed E-state index contributed by atoms with van der Waals surface area (Å²) in [5.74, 6) is -0.203. The maximum absolute atomic E-state index is 12.8. The van der Waals surface area contributed by atoms with Crippen molar-refractivity contribution in [1.82, 2.24) is 10.2 Å². The van der Waals surface area contributed by atoms with Gasteiger partial charge >= 0.3 is 0 Å². The topological polar surface area (TPSA) is 15.3 Å². The van der Waals surface area contributed by atoms with Gasteiger partial charge in [0.1, 0.15) is 5.82 Å². The Balaban J connectivity index is 1.85. The lowest BCUT2D eigenvalue weighted by Gasteiger charge is -2.35. The second-order valence-electron chi connectivity index (χ2n) is 4.82. The number of likely N-dealkylation sites (tertiary alicyclic amines) is 1. The van der Waals surface area contributed by atoms with Crippen LogP contribution in [0.3, 0.4) is 0 Å². The minimum absolute atomic E-state index is 0.203. The first-order valence-electron chi connectivity index (χ1n) is 6.46. The van der Waals surface area contributed by atoms with E-state index in [0.29, 0.717) is 12.6 Å². The largest absolute Gasteiger partial charge is 0.358 e. The van der Waals surface area contributed by atoms with Crippen LogP contribution in [-0.4, -0.2) is 22.6 Å². The molecule has 0 saturated carbocycles. The van der Waals surface area contributed by atoms with E-state index in [0.717, 1.165) is 17.2 Å². The van der Waals surface area contributed by atoms with E-state index in [4.69, 9.17) is 12.2 Å². The maximum Gasteiger partial charge on any atom is 0.169 e. The lowest BCUT2D eigenvalue weighted by atomic mass is 10.0. The third-order valence-electron chi connectivity index (χ3n) is 3.42. The monoisotopic (exact) mass is 266 g/mol. The summed E-state index contributed by atoms with van der Waals surface area (Å²) in [5, 5.41) is 4.07. The van der Waals surface area contributed by atoms with Crippen molar-refractivity contribution < 1.29 is 4.39 Å². The van der Waals surface area contributed by atoms with Crippen molar-refractivity contribution in [1.29, 1.82) is 0 Å². The molecule has 18 heavy (non-hydrogen) atoms. The van der Waals surface area contributed by atoms with Gasteiger partial charge in [0.05, 0.1) is 0 Å². The zero-order valence-corrected chi connectivity index (χ0v) is 11.5. The fourth-order valence-electron chi connectivity index (χ4n) is 2.28. The van der Waals surface area contributed by atoms with E-state index in [1.165, 1.54) is 31.4 Å². The van der Waals surface area contributed by atoms with E-state index < -0.39 is 0 Å². The molecule has 0 amide bonds. The number of nitrogens with one attached hydrogen (secondary N) is 1. The summed E-state index contributed by atoms with van der Waals surface area (Å²) in [6, 6.07) is 7.04. The highest BCUT2D eigenvalue weighted by Gasteiger charge is 2.20. The van der Waals surface area contributed by atoms with Crippen molar-refractivity contribution in [2.75, 3.05) is 6.54 Å². The zero-order chi connectivity index (χ0) is 13.0. The summed E-state index contributed by atoms with van der Waals surface area (Å²) in [6.07, 6.45) is 3.71. The zero-order valence-electron chi connectivity index (χ0n) is 10.7. The Hall–Kier alpha value is -1.16. The molecule has 4 heteroatoms. The number of rotatable bonds is 2. The van der Waals surface area contributed by atoms with E-state index in [-0.39, 0.29) is 5.82 Å². The van der Waals surface area contributed by atoms with E-state index in [1.54, 1.807) is 12.1 Å². The number of hydrogen-bond acceptors (Lipinski definition) is 1. The Morgan fingerprint density at radius 1 is 1.39 bits per heavy atom. The van der Waals surface area contributed by atoms with Crippen molar-refractivity contribution in [3.05, 3.63) is 35.6 Å². The van der Waals surface area contributed by atoms with Crippen molar-refractivity contribution in [2.24, 2.45) is 0 Å². The minimum atomic E-state index is -0.203. The van der Waals surface area contributed by atoms with Gasteiger partial charge in [-0.3, -0.25) is 0 Å². The Kier molecular flexibility index (Phi) is 4.53. The highest BCUT2D eigenvalue weighted by atomic mass is 32.1. The second-order valence-corrected chi connectivity index (χ2v) is 5.21. The maximum atomic E-state index is 12.8. The summed E-state index contributed by atoms with van der Waals surface area (Å²) >= 11 is 5.42. The van der Waals surface area contributed by atoms with Gasteiger partial charge < -0.3 is 10.2 Å². The first-order chi connectivity index (χ1) is 8.66. The summed E-state index contributed by atoms with van der Waals surface area (Å²) < 4.78 is 12.8. The molecular formula is C14H19FN2S. The third-order valence-corrected chi connectivity index (χ3v) is 3.80. The van der Waals surface area contributed by atoms with E-state index in [9.17, 15) is 4.39 Å². The molecule has 0 spiro atoms. The molecule has 1 fully saturated rings. The van der Waals surface area contributed by atoms with E-state index in [1.807, 2.05) is 0 Å². The van der Waals surface area contributed by atoms with Gasteiger partial charge in [0.25, 0.3) is 0 Å². The van der Waals surface area contributed by atoms with E-state index >= 15 is 0 Å². The van der Waals surface area contributed by atoms with Gasteiger partial charge in [-0.25, -0.2) is 4.39 Å². The molecule has 0 aromatic heterocycles. The van der Waals surface area contributed by atoms with Crippen LogP contribution in [0.25, 0.3) is 0 Å². The molecule has 0 bridgehead atoms. The predicted molar refractivity (Wildman–Crippen MR) is 75.9 cm³/mol. The van der Waals surface area contributed by atoms with Crippen LogP contribution in [0.2, 0.25) is 0 Å². The average molecular weight is 266 g/mol. The molecule has 0 radical (unpaired) electrons. The van der Waals surface area contributed by atoms with Crippen molar-refractivity contribution >= 4 is 17.3 Å². The molecule has 1 aliphatic heterocycles. The molecule has 2 rings (SSSR count). The molecule has 0 aliphatic carbocycles. The van der Waals surface area contributed by atoms with Gasteiger partial charge in [-0.2, -0.15) is 0 Å². The van der Waals surface area contributed by atoms with Crippen LogP contribution in [0.1, 0.15) is 31.7 Å². The minimum Gasteiger partial charge on any atom is -0.358 e. The SMILES string of the molecule is CC1CCCCN1C(=S)NCc1ccc(F)cc1. The molecule has 1 aliphatic rings. The molecule has 1 unspecified atom stereocenters. The van der Waals surface area contributed by atoms with Crippen LogP contribution in [0, 0.1) is 5.82 Å². The van der Waals surface area contributed by atoms with Gasteiger partial charge in [-0.15, -0.1) is 0 Å². The van der Waals surface area contributed by atoms with Gasteiger partial charge in [0, 0.05) is 19.1 Å². The molecule has 1 aromatic rings. The summed E-state index contributed by atoms with van der Waals surface area (Å²) in [6.45, 7) is 3.91. The second kappa shape index (κ2) is 6.14. The highest BCUT2D eigenvalue weighted by molar-refractivity contribution is 7.80. The number of piperidine rings is 1. The van der Waals surface area contributed by atoms with Crippen LogP contribution >= 0.6 is 12.2 Å². The molecular weight excluding hydrogens is 247 g/mol. The molecule has 1 atom stereocenters. The number of nitrogens with zero attached hydrogens (tertiary/aromatic N) is 1. The van der Waals surface area contributed by atoms with Crippen LogP contribution in [0.4, 0.5) is 4.39 Å². The predicted octanol–water partition coefficient (Wildman–Crippen LogP) is 3.07. The first-order valence-corrected chi connectivity index (χ1v) is 6.86. The van der Waals surface area contributed by atoms with Crippen LogP contribution in [-0.2, 0) is 6.54 Å². The van der Waals surface area contributed by atoms with Crippen molar-refractivity contribution in [3.63, 3.8) is 0 Å². The Labute approximate surface area is 113 Å². The summed E-state index contributed by atoms with van der Waals surface area (Å²) in [7, 11) is 0. The smallest absolute Gasteiger partial charge is 0.169 e. The number of hydrogen-bond donors (Lipinski definition) is 1. The lowest BCUT2D eigenvalue weighted by Crippen LogP contribution is -2.47. The van der Waals surface area contributed by atoms with Crippen molar-refractivity contribution in [2.45, 2.75) is 38.8 Å². The Bertz CT molecular complexity index is 405. The number of benzene rings is 1. The molecule has 2 nitrogen and oxygen atoms in total. The molecule has 1 saturated heterocycles. The summed E-state index contributed by atoms with van der Waals surface area (Å²) in [5.41, 5.74) is 1.04. The number of halogens is 1. The molecule has 98 valence electrons. The fourth-order valence-corrected chi connectivity index (χ4v) is 2.62. The van der Waals surface area contributed by atoms with Gasteiger partial charge in [-0.05, 0) is 56.1 Å². The molecule has 1 aromatic carbocycles. The normalized spacial score (nSPS) is 19.7. The Morgan fingerprint density at radius 3 is 2.78 bits per heavy atom. The summed E-state index contributed by atoms with van der Waals surface area (Å²) in [4.78, 5) is 2.25. The van der Waals surface area contributed by atoms with Gasteiger partial charge in [0.15, 0.2) is 5.11 Å². The van der Waals surface area contributed by atoms with E-state index in [2.05, 4.69) is 17.1 Å². The van der Waals surface area contributed by atoms with Crippen molar-refractivity contribution in [3.8, 4) is 0 Å². The van der Waals surface area contributed by atoms with Crippen LogP contribution < -0.4 is 5.32 Å². The first kappa shape index (κ1) is 13.3. The standard InChI is InChI=1S/C14H19FN2S/c1-11-4-2-3-9-17(11)14(18)16-10-12-5-7-13(15)8-6-12/h5-8,11H,2-4,9-10H2,1H3,(H,16,18). The fraction of sp³-hybridized carbons (Fsp3) is 0.500. The molecule has 1 N–H and O–H groups in total. The molecule has 1 heterocycles. The van der Waals surface area contributed by atoms with Gasteiger partial charge in [-0.1, -0.05) is 12.1 Å². The highest BCUT2D eigenvalue weighted by Crippen LogP contribution is 2.16. The van der Waals surface area contributed by atoms with Crippen LogP contribution in [0.15, 0.2) is 24.3 Å². The third kappa shape index (κ3) is 3.42. The average Bonchev–Trinajstić information content (AvgIpc) is 2.38. The number of thiocarbonyl (C=S) groups is 1. The quantitative estimate of drug-likeness (QED) is 0.828. The Morgan fingerprint density at radius 2 is 2.11 bits per heavy atom. The lowest BCUT2D eigenvalue weighted by molar-refractivity contribution is 0.255.